The van der Waals surface area contributed by atoms with Gasteiger partial charge in [-0.25, -0.2) is 0 Å². The van der Waals surface area contributed by atoms with Crippen molar-refractivity contribution in [3.8, 4) is 0 Å². The molecule has 1 unspecified atom stereocenters. The first-order chi connectivity index (χ1) is 9.54. The third-order valence-electron chi connectivity index (χ3n) is 3.54. The smallest absolute Gasteiger partial charge is 0.257 e. The van der Waals surface area contributed by atoms with Crippen LogP contribution in [0.25, 0.3) is 0 Å². The van der Waals surface area contributed by atoms with Crippen LogP contribution in [0.4, 0.5) is 0 Å². The summed E-state index contributed by atoms with van der Waals surface area (Å²) in [5.74, 6) is 0.378. The summed E-state index contributed by atoms with van der Waals surface area (Å²) in [6.07, 6.45) is 2.31. The van der Waals surface area contributed by atoms with E-state index in [9.17, 15) is 4.79 Å². The van der Waals surface area contributed by atoms with Gasteiger partial charge >= 0.3 is 0 Å². The SMILES string of the molecule is COCCN(C(=O)c1cc(Cl)nnc1Cl)C(C)C1CC1. The molecule has 5 nitrogen and oxygen atoms in total. The number of aromatic nitrogens is 2. The number of rotatable bonds is 6. The number of amides is 1. The van der Waals surface area contributed by atoms with E-state index >= 15 is 0 Å². The van der Waals surface area contributed by atoms with Crippen LogP contribution in [0.3, 0.4) is 0 Å². The Kier molecular flexibility index (Phi) is 5.18. The lowest BCUT2D eigenvalue weighted by Gasteiger charge is -2.29. The summed E-state index contributed by atoms with van der Waals surface area (Å²) < 4.78 is 5.08. The van der Waals surface area contributed by atoms with Crippen LogP contribution in [-0.2, 0) is 4.74 Å². The lowest BCUT2D eigenvalue weighted by atomic mass is 10.1. The van der Waals surface area contributed by atoms with Crippen molar-refractivity contribution in [3.63, 3.8) is 0 Å². The molecular formula is C13H17Cl2N3O2. The Morgan fingerprint density at radius 2 is 2.20 bits per heavy atom. The zero-order valence-corrected chi connectivity index (χ0v) is 13.0. The molecule has 1 saturated carbocycles. The van der Waals surface area contributed by atoms with Crippen molar-refractivity contribution in [3.05, 3.63) is 21.9 Å². The molecule has 0 radical (unpaired) electrons. The first kappa shape index (κ1) is 15.5. The fourth-order valence-corrected chi connectivity index (χ4v) is 2.49. The van der Waals surface area contributed by atoms with Gasteiger partial charge in [0.1, 0.15) is 0 Å². The second-order valence-corrected chi connectivity index (χ2v) is 5.69. The molecule has 1 aromatic heterocycles. The molecule has 0 aromatic carbocycles. The molecule has 0 spiro atoms. The first-order valence-electron chi connectivity index (χ1n) is 6.53. The van der Waals surface area contributed by atoms with Gasteiger partial charge in [0.2, 0.25) is 0 Å². The van der Waals surface area contributed by atoms with Crippen LogP contribution in [-0.4, -0.2) is 47.3 Å². The molecule has 7 heteroatoms. The molecule has 20 heavy (non-hydrogen) atoms. The molecule has 1 aromatic rings. The Labute approximate surface area is 128 Å². The van der Waals surface area contributed by atoms with Crippen molar-refractivity contribution < 1.29 is 9.53 Å². The summed E-state index contributed by atoms with van der Waals surface area (Å²) in [5.41, 5.74) is 0.287. The maximum absolute atomic E-state index is 12.7. The molecule has 1 amide bonds. The van der Waals surface area contributed by atoms with Crippen molar-refractivity contribution in [1.29, 1.82) is 0 Å². The third kappa shape index (κ3) is 3.59. The summed E-state index contributed by atoms with van der Waals surface area (Å²) in [4.78, 5) is 14.4. The highest BCUT2D eigenvalue weighted by Gasteiger charge is 2.35. The fraction of sp³-hybridized carbons (Fsp3) is 0.615. The van der Waals surface area contributed by atoms with Gasteiger partial charge in [0.05, 0.1) is 12.2 Å². The summed E-state index contributed by atoms with van der Waals surface area (Å²) in [7, 11) is 1.61. The minimum Gasteiger partial charge on any atom is -0.383 e. The minimum atomic E-state index is -0.178. The average molecular weight is 318 g/mol. The largest absolute Gasteiger partial charge is 0.383 e. The van der Waals surface area contributed by atoms with Crippen LogP contribution in [0.5, 0.6) is 0 Å². The van der Waals surface area contributed by atoms with Crippen molar-refractivity contribution in [2.75, 3.05) is 20.3 Å². The molecule has 110 valence electrons. The van der Waals surface area contributed by atoms with Crippen molar-refractivity contribution in [2.24, 2.45) is 5.92 Å². The normalized spacial score (nSPS) is 16.0. The molecular weight excluding hydrogens is 301 g/mol. The number of methoxy groups -OCH3 is 1. The molecule has 1 fully saturated rings. The van der Waals surface area contributed by atoms with E-state index in [-0.39, 0.29) is 27.8 Å². The number of halogens is 2. The Hall–Kier alpha value is -0.910. The predicted molar refractivity (Wildman–Crippen MR) is 77.2 cm³/mol. The van der Waals surface area contributed by atoms with Gasteiger partial charge < -0.3 is 9.64 Å². The third-order valence-corrected chi connectivity index (χ3v) is 4.01. The van der Waals surface area contributed by atoms with Crippen LogP contribution < -0.4 is 0 Å². The molecule has 1 heterocycles. The van der Waals surface area contributed by atoms with E-state index in [0.717, 1.165) is 12.8 Å². The van der Waals surface area contributed by atoms with Gasteiger partial charge in [0.25, 0.3) is 5.91 Å². The second kappa shape index (κ2) is 6.70. The topological polar surface area (TPSA) is 55.3 Å². The van der Waals surface area contributed by atoms with Crippen LogP contribution in [0.1, 0.15) is 30.1 Å². The van der Waals surface area contributed by atoms with Gasteiger partial charge in [-0.3, -0.25) is 4.79 Å². The monoisotopic (exact) mass is 317 g/mol. The van der Waals surface area contributed by atoms with Crippen LogP contribution in [0, 0.1) is 5.92 Å². The van der Waals surface area contributed by atoms with E-state index in [1.807, 2.05) is 0 Å². The summed E-state index contributed by atoms with van der Waals surface area (Å²) in [6, 6.07) is 1.61. The van der Waals surface area contributed by atoms with E-state index in [1.165, 1.54) is 6.07 Å². The fourth-order valence-electron chi connectivity index (χ4n) is 2.17. The van der Waals surface area contributed by atoms with E-state index in [0.29, 0.717) is 19.1 Å². The molecule has 0 saturated heterocycles. The lowest BCUT2D eigenvalue weighted by molar-refractivity contribution is 0.0594. The van der Waals surface area contributed by atoms with Gasteiger partial charge in [-0.05, 0) is 31.7 Å². The maximum Gasteiger partial charge on any atom is 0.257 e. The minimum absolute atomic E-state index is 0.0739. The number of hydrogen-bond donors (Lipinski definition) is 0. The van der Waals surface area contributed by atoms with E-state index < -0.39 is 0 Å². The molecule has 1 aliphatic rings. The standard InChI is InChI=1S/C13H17Cl2N3O2/c1-8(9-3-4-9)18(5-6-20-2)13(19)10-7-11(14)16-17-12(10)15/h7-9H,3-6H2,1-2H3. The van der Waals surface area contributed by atoms with E-state index in [4.69, 9.17) is 27.9 Å². The van der Waals surface area contributed by atoms with Crippen LogP contribution in [0.15, 0.2) is 6.07 Å². The van der Waals surface area contributed by atoms with Gasteiger partial charge in [-0.1, -0.05) is 23.2 Å². The van der Waals surface area contributed by atoms with Crippen LogP contribution >= 0.6 is 23.2 Å². The zero-order valence-electron chi connectivity index (χ0n) is 11.5. The van der Waals surface area contributed by atoms with Crippen LogP contribution in [0.2, 0.25) is 10.3 Å². The summed E-state index contributed by atoms with van der Waals surface area (Å²) in [5, 5.41) is 7.54. The molecule has 1 atom stereocenters. The zero-order chi connectivity index (χ0) is 14.7. The lowest BCUT2D eigenvalue weighted by Crippen LogP contribution is -2.42. The molecule has 2 rings (SSSR count). The Bertz CT molecular complexity index is 495. The Morgan fingerprint density at radius 1 is 1.50 bits per heavy atom. The van der Waals surface area contributed by atoms with Gasteiger partial charge in [0.15, 0.2) is 10.3 Å². The highest BCUT2D eigenvalue weighted by Crippen LogP contribution is 2.35. The number of nitrogens with zero attached hydrogens (tertiary/aromatic N) is 3. The number of ether oxygens (including phenoxy) is 1. The van der Waals surface area contributed by atoms with Gasteiger partial charge in [0, 0.05) is 19.7 Å². The van der Waals surface area contributed by atoms with E-state index in [1.54, 1.807) is 12.0 Å². The maximum atomic E-state index is 12.7. The van der Waals surface area contributed by atoms with Crippen molar-refractivity contribution in [2.45, 2.75) is 25.8 Å². The van der Waals surface area contributed by atoms with Gasteiger partial charge in [-0.15, -0.1) is 10.2 Å². The molecule has 1 aliphatic carbocycles. The summed E-state index contributed by atoms with van der Waals surface area (Å²) >= 11 is 11.8. The molecule has 0 N–H and O–H groups in total. The Balaban J connectivity index is 2.22. The average Bonchev–Trinajstić information content (AvgIpc) is 3.26. The molecule has 0 aliphatic heterocycles. The van der Waals surface area contributed by atoms with E-state index in [2.05, 4.69) is 17.1 Å². The van der Waals surface area contributed by atoms with Gasteiger partial charge in [-0.2, -0.15) is 0 Å². The number of carbonyl (C=O) groups is 1. The highest BCUT2D eigenvalue weighted by molar-refractivity contribution is 6.34. The number of hydrogen-bond acceptors (Lipinski definition) is 4. The Morgan fingerprint density at radius 3 is 2.80 bits per heavy atom. The van der Waals surface area contributed by atoms with Crippen molar-refractivity contribution in [1.82, 2.24) is 15.1 Å². The highest BCUT2D eigenvalue weighted by atomic mass is 35.5. The predicted octanol–water partition coefficient (Wildman–Crippen LogP) is 2.67. The number of carbonyl (C=O) groups excluding carboxylic acids is 1. The summed E-state index contributed by atoms with van der Waals surface area (Å²) in [6.45, 7) is 3.05. The second-order valence-electron chi connectivity index (χ2n) is 4.94. The molecule has 0 bridgehead atoms. The quantitative estimate of drug-likeness (QED) is 0.809. The van der Waals surface area contributed by atoms with Crippen molar-refractivity contribution >= 4 is 29.1 Å². The first-order valence-corrected chi connectivity index (χ1v) is 7.28.